The molecule has 0 heterocycles. The fourth-order valence-electron chi connectivity index (χ4n) is 2.25. The van der Waals surface area contributed by atoms with E-state index in [2.05, 4.69) is 25.7 Å². The Kier molecular flexibility index (Phi) is 7.03. The zero-order chi connectivity index (χ0) is 14.3. The number of nitrogens with two attached hydrogens (primary N) is 1. The molecular weight excluding hydrogens is 239 g/mol. The Morgan fingerprint density at radius 2 is 1.89 bits per heavy atom. The highest BCUT2D eigenvalue weighted by atomic mass is 19.1. The number of benzene rings is 1. The molecule has 0 spiro atoms. The van der Waals surface area contributed by atoms with Crippen molar-refractivity contribution in [2.45, 2.75) is 52.1 Å². The van der Waals surface area contributed by atoms with Gasteiger partial charge in [-0.15, -0.1) is 0 Å². The van der Waals surface area contributed by atoms with Crippen LogP contribution in [0.1, 0.15) is 51.6 Å². The summed E-state index contributed by atoms with van der Waals surface area (Å²) in [4.78, 5) is 2.34. The zero-order valence-corrected chi connectivity index (χ0v) is 12.4. The smallest absolute Gasteiger partial charge is 0.128 e. The first-order chi connectivity index (χ1) is 9.06. The largest absolute Gasteiger partial charge is 0.323 e. The lowest BCUT2D eigenvalue weighted by atomic mass is 10.1. The lowest BCUT2D eigenvalue weighted by Crippen LogP contribution is -2.38. The van der Waals surface area contributed by atoms with Gasteiger partial charge in [0.1, 0.15) is 5.82 Å². The van der Waals surface area contributed by atoms with Crippen molar-refractivity contribution in [1.29, 1.82) is 0 Å². The molecule has 0 radical (unpaired) electrons. The molecule has 1 atom stereocenters. The summed E-state index contributed by atoms with van der Waals surface area (Å²) in [6, 6.07) is 6.98. The van der Waals surface area contributed by atoms with Gasteiger partial charge in [0.05, 0.1) is 0 Å². The summed E-state index contributed by atoms with van der Waals surface area (Å²) in [5.74, 6) is -0.202. The predicted molar refractivity (Wildman–Crippen MR) is 79.6 cm³/mol. The van der Waals surface area contributed by atoms with Gasteiger partial charge in [-0.3, -0.25) is 4.90 Å². The van der Waals surface area contributed by atoms with Crippen LogP contribution < -0.4 is 5.73 Å². The fourth-order valence-corrected chi connectivity index (χ4v) is 2.25. The quantitative estimate of drug-likeness (QED) is 0.726. The monoisotopic (exact) mass is 266 g/mol. The van der Waals surface area contributed by atoms with Gasteiger partial charge in [0.25, 0.3) is 0 Å². The van der Waals surface area contributed by atoms with Crippen LogP contribution in [0.2, 0.25) is 0 Å². The summed E-state index contributed by atoms with van der Waals surface area (Å²) < 4.78 is 13.7. The Bertz CT molecular complexity index is 366. The van der Waals surface area contributed by atoms with Gasteiger partial charge >= 0.3 is 0 Å². The molecule has 0 aromatic heterocycles. The molecule has 0 aliphatic carbocycles. The van der Waals surface area contributed by atoms with Crippen LogP contribution in [0.5, 0.6) is 0 Å². The molecule has 0 saturated carbocycles. The van der Waals surface area contributed by atoms with E-state index in [-0.39, 0.29) is 11.9 Å². The number of halogens is 1. The van der Waals surface area contributed by atoms with Crippen molar-refractivity contribution in [3.05, 3.63) is 35.6 Å². The first-order valence-electron chi connectivity index (χ1n) is 7.30. The Morgan fingerprint density at radius 3 is 2.47 bits per heavy atom. The van der Waals surface area contributed by atoms with E-state index < -0.39 is 0 Å². The SMILES string of the molecule is CCCCCN(CC(N)c1ccccc1F)C(C)C. The highest BCUT2D eigenvalue weighted by Gasteiger charge is 2.17. The molecule has 19 heavy (non-hydrogen) atoms. The van der Waals surface area contributed by atoms with Crippen molar-refractivity contribution in [3.8, 4) is 0 Å². The third-order valence-corrected chi connectivity index (χ3v) is 3.52. The first kappa shape index (κ1) is 16.1. The number of hydrogen-bond acceptors (Lipinski definition) is 2. The van der Waals surface area contributed by atoms with Crippen LogP contribution >= 0.6 is 0 Å². The van der Waals surface area contributed by atoms with E-state index >= 15 is 0 Å². The van der Waals surface area contributed by atoms with Crippen LogP contribution in [0, 0.1) is 5.82 Å². The van der Waals surface area contributed by atoms with Gasteiger partial charge in [-0.2, -0.15) is 0 Å². The second-order valence-corrected chi connectivity index (χ2v) is 5.42. The zero-order valence-electron chi connectivity index (χ0n) is 12.4. The molecule has 3 heteroatoms. The minimum Gasteiger partial charge on any atom is -0.323 e. The van der Waals surface area contributed by atoms with Crippen molar-refractivity contribution >= 4 is 0 Å². The van der Waals surface area contributed by atoms with Crippen LogP contribution in [-0.2, 0) is 0 Å². The van der Waals surface area contributed by atoms with E-state index in [1.807, 2.05) is 6.07 Å². The van der Waals surface area contributed by atoms with Crippen LogP contribution in [0.3, 0.4) is 0 Å². The number of unbranched alkanes of at least 4 members (excludes halogenated alkanes) is 2. The second-order valence-electron chi connectivity index (χ2n) is 5.42. The molecule has 0 amide bonds. The molecule has 0 bridgehead atoms. The Balaban J connectivity index is 2.61. The molecule has 1 unspecified atom stereocenters. The fraction of sp³-hybridized carbons (Fsp3) is 0.625. The first-order valence-corrected chi connectivity index (χ1v) is 7.30. The minimum atomic E-state index is -0.259. The lowest BCUT2D eigenvalue weighted by molar-refractivity contribution is 0.203. The van der Waals surface area contributed by atoms with Crippen molar-refractivity contribution in [2.24, 2.45) is 5.73 Å². The lowest BCUT2D eigenvalue weighted by Gasteiger charge is -2.29. The van der Waals surface area contributed by atoms with E-state index in [0.717, 1.165) is 6.54 Å². The van der Waals surface area contributed by atoms with Gasteiger partial charge in [-0.25, -0.2) is 4.39 Å². The number of nitrogens with zero attached hydrogens (tertiary/aromatic N) is 1. The van der Waals surface area contributed by atoms with E-state index in [4.69, 9.17) is 5.73 Å². The molecule has 1 aromatic rings. The highest BCUT2D eigenvalue weighted by Crippen LogP contribution is 2.17. The maximum atomic E-state index is 13.7. The molecule has 0 saturated heterocycles. The van der Waals surface area contributed by atoms with Crippen molar-refractivity contribution in [3.63, 3.8) is 0 Å². The summed E-state index contributed by atoms with van der Waals surface area (Å²) in [6.45, 7) is 8.28. The van der Waals surface area contributed by atoms with Crippen LogP contribution in [0.15, 0.2) is 24.3 Å². The molecule has 1 rings (SSSR count). The third kappa shape index (κ3) is 5.29. The van der Waals surface area contributed by atoms with Gasteiger partial charge in [-0.1, -0.05) is 38.0 Å². The van der Waals surface area contributed by atoms with Gasteiger partial charge in [-0.05, 0) is 32.9 Å². The Morgan fingerprint density at radius 1 is 1.21 bits per heavy atom. The van der Waals surface area contributed by atoms with Crippen molar-refractivity contribution in [1.82, 2.24) is 4.90 Å². The van der Waals surface area contributed by atoms with E-state index in [1.165, 1.54) is 25.3 Å². The maximum Gasteiger partial charge on any atom is 0.128 e. The topological polar surface area (TPSA) is 29.3 Å². The molecule has 0 fully saturated rings. The van der Waals surface area contributed by atoms with Crippen LogP contribution in [0.25, 0.3) is 0 Å². The molecule has 0 aliphatic heterocycles. The normalized spacial score (nSPS) is 13.2. The predicted octanol–water partition coefficient (Wildman–Crippen LogP) is 3.73. The molecule has 1 aromatic carbocycles. The number of rotatable bonds is 8. The van der Waals surface area contributed by atoms with E-state index in [9.17, 15) is 4.39 Å². The Labute approximate surface area is 116 Å². The summed E-state index contributed by atoms with van der Waals surface area (Å²) >= 11 is 0. The summed E-state index contributed by atoms with van der Waals surface area (Å²) in [6.07, 6.45) is 3.63. The van der Waals surface area contributed by atoms with Crippen LogP contribution in [0.4, 0.5) is 4.39 Å². The maximum absolute atomic E-state index is 13.7. The molecular formula is C16H27FN2. The standard InChI is InChI=1S/C16H27FN2/c1-4-5-8-11-19(13(2)3)12-16(18)14-9-6-7-10-15(14)17/h6-7,9-10,13,16H,4-5,8,11-12,18H2,1-3H3. The van der Waals surface area contributed by atoms with E-state index in [0.29, 0.717) is 18.2 Å². The second kappa shape index (κ2) is 8.28. The molecule has 108 valence electrons. The summed E-state index contributed by atoms with van der Waals surface area (Å²) in [7, 11) is 0. The van der Waals surface area contributed by atoms with Gasteiger partial charge in [0, 0.05) is 24.2 Å². The highest BCUT2D eigenvalue weighted by molar-refractivity contribution is 5.21. The van der Waals surface area contributed by atoms with Crippen molar-refractivity contribution in [2.75, 3.05) is 13.1 Å². The molecule has 2 nitrogen and oxygen atoms in total. The van der Waals surface area contributed by atoms with Gasteiger partial charge < -0.3 is 5.73 Å². The number of hydrogen-bond donors (Lipinski definition) is 1. The summed E-state index contributed by atoms with van der Waals surface area (Å²) in [5, 5.41) is 0. The van der Waals surface area contributed by atoms with Crippen LogP contribution in [-0.4, -0.2) is 24.0 Å². The average Bonchev–Trinajstić information content (AvgIpc) is 2.38. The molecule has 0 aliphatic rings. The average molecular weight is 266 g/mol. The van der Waals surface area contributed by atoms with Crippen molar-refractivity contribution < 1.29 is 4.39 Å². The van der Waals surface area contributed by atoms with Gasteiger partial charge in [0.2, 0.25) is 0 Å². The summed E-state index contributed by atoms with van der Waals surface area (Å²) in [5.41, 5.74) is 6.77. The van der Waals surface area contributed by atoms with E-state index in [1.54, 1.807) is 12.1 Å². The molecule has 2 N–H and O–H groups in total. The van der Waals surface area contributed by atoms with Gasteiger partial charge in [0.15, 0.2) is 0 Å². The third-order valence-electron chi connectivity index (χ3n) is 3.52. The minimum absolute atomic E-state index is 0.202. The Hall–Kier alpha value is -0.930.